The molecule has 0 unspecified atom stereocenters. The summed E-state index contributed by atoms with van der Waals surface area (Å²) in [5.41, 5.74) is 3.43. The standard InChI is InChI=1S/C24H24N4O3S/c1-30-12-13-31-23-10-9-18(14-25-23)15-26-24(29)20-6-2-3-7-21(20)32-17-19-16-28-11-5-4-8-22(28)27-19/h2-11,14,16H,12-13,15,17H2,1H3,(H,26,29). The van der Waals surface area contributed by atoms with Gasteiger partial charge in [-0.2, -0.15) is 0 Å². The average molecular weight is 449 g/mol. The second-order valence-corrected chi connectivity index (χ2v) is 8.03. The van der Waals surface area contributed by atoms with Crippen molar-refractivity contribution in [2.75, 3.05) is 20.3 Å². The Balaban J connectivity index is 1.34. The summed E-state index contributed by atoms with van der Waals surface area (Å²) in [6.45, 7) is 1.34. The van der Waals surface area contributed by atoms with Crippen LogP contribution in [-0.2, 0) is 17.0 Å². The number of hydrogen-bond donors (Lipinski definition) is 1. The first kappa shape index (κ1) is 21.9. The largest absolute Gasteiger partial charge is 0.475 e. The second-order valence-electron chi connectivity index (χ2n) is 7.01. The lowest BCUT2D eigenvalue weighted by molar-refractivity contribution is 0.0948. The monoisotopic (exact) mass is 448 g/mol. The summed E-state index contributed by atoms with van der Waals surface area (Å²) in [7, 11) is 1.62. The average Bonchev–Trinajstić information content (AvgIpc) is 3.25. The Kier molecular flexibility index (Phi) is 7.37. The van der Waals surface area contributed by atoms with Crippen molar-refractivity contribution in [2.24, 2.45) is 0 Å². The number of ether oxygens (including phenoxy) is 2. The lowest BCUT2D eigenvalue weighted by Crippen LogP contribution is -2.23. The minimum Gasteiger partial charge on any atom is -0.475 e. The number of carbonyl (C=O) groups excluding carboxylic acids is 1. The molecular weight excluding hydrogens is 424 g/mol. The van der Waals surface area contributed by atoms with Crippen LogP contribution in [0.1, 0.15) is 21.6 Å². The zero-order valence-corrected chi connectivity index (χ0v) is 18.5. The van der Waals surface area contributed by atoms with Crippen molar-refractivity contribution < 1.29 is 14.3 Å². The third kappa shape index (κ3) is 5.66. The fraction of sp³-hybridized carbons (Fsp3) is 0.208. The quantitative estimate of drug-likeness (QED) is 0.292. The van der Waals surface area contributed by atoms with Crippen LogP contribution in [0.3, 0.4) is 0 Å². The molecule has 0 saturated heterocycles. The minimum atomic E-state index is -0.122. The molecule has 0 saturated carbocycles. The number of pyridine rings is 2. The lowest BCUT2D eigenvalue weighted by Gasteiger charge is -2.10. The highest BCUT2D eigenvalue weighted by molar-refractivity contribution is 7.98. The molecule has 0 fully saturated rings. The molecule has 0 aliphatic carbocycles. The maximum absolute atomic E-state index is 12.8. The van der Waals surface area contributed by atoms with Crippen LogP contribution in [0.25, 0.3) is 5.65 Å². The number of methoxy groups -OCH3 is 1. The lowest BCUT2D eigenvalue weighted by atomic mass is 10.2. The minimum absolute atomic E-state index is 0.122. The van der Waals surface area contributed by atoms with Gasteiger partial charge in [-0.05, 0) is 29.8 Å². The molecule has 0 bridgehead atoms. The van der Waals surface area contributed by atoms with Gasteiger partial charge >= 0.3 is 0 Å². The summed E-state index contributed by atoms with van der Waals surface area (Å²) < 4.78 is 12.4. The maximum atomic E-state index is 12.8. The zero-order chi connectivity index (χ0) is 22.2. The summed E-state index contributed by atoms with van der Waals surface area (Å²) in [5.74, 6) is 1.09. The Labute approximate surface area is 190 Å². The Morgan fingerprint density at radius 3 is 2.78 bits per heavy atom. The number of nitrogens with zero attached hydrogens (tertiary/aromatic N) is 3. The predicted molar refractivity (Wildman–Crippen MR) is 124 cm³/mol. The molecule has 1 amide bonds. The van der Waals surface area contributed by atoms with Crippen molar-refractivity contribution in [3.63, 3.8) is 0 Å². The number of carbonyl (C=O) groups is 1. The van der Waals surface area contributed by atoms with Crippen LogP contribution in [0.2, 0.25) is 0 Å². The first-order chi connectivity index (χ1) is 15.7. The molecule has 0 aliphatic rings. The molecule has 0 atom stereocenters. The van der Waals surface area contributed by atoms with E-state index in [9.17, 15) is 4.79 Å². The van der Waals surface area contributed by atoms with Crippen molar-refractivity contribution >= 4 is 23.3 Å². The van der Waals surface area contributed by atoms with Gasteiger partial charge in [0.25, 0.3) is 5.91 Å². The van der Waals surface area contributed by atoms with Gasteiger partial charge < -0.3 is 19.2 Å². The fourth-order valence-electron chi connectivity index (χ4n) is 3.10. The number of imidazole rings is 1. The highest BCUT2D eigenvalue weighted by Gasteiger charge is 2.12. The molecule has 4 aromatic rings. The van der Waals surface area contributed by atoms with E-state index >= 15 is 0 Å². The van der Waals surface area contributed by atoms with Gasteiger partial charge in [0.15, 0.2) is 0 Å². The molecule has 7 nitrogen and oxygen atoms in total. The van der Waals surface area contributed by atoms with E-state index in [1.54, 1.807) is 31.1 Å². The Morgan fingerprint density at radius 2 is 1.97 bits per heavy atom. The molecule has 3 heterocycles. The topological polar surface area (TPSA) is 77.8 Å². The number of fused-ring (bicyclic) bond motifs is 1. The molecule has 1 N–H and O–H groups in total. The first-order valence-electron chi connectivity index (χ1n) is 10.2. The van der Waals surface area contributed by atoms with E-state index in [4.69, 9.17) is 9.47 Å². The van der Waals surface area contributed by atoms with Crippen molar-refractivity contribution in [1.82, 2.24) is 19.7 Å². The van der Waals surface area contributed by atoms with Crippen molar-refractivity contribution in [1.29, 1.82) is 0 Å². The highest BCUT2D eigenvalue weighted by atomic mass is 32.2. The van der Waals surface area contributed by atoms with Crippen molar-refractivity contribution in [2.45, 2.75) is 17.2 Å². The molecular formula is C24H24N4O3S. The summed E-state index contributed by atoms with van der Waals surface area (Å²) in [5, 5.41) is 2.97. The molecule has 4 rings (SSSR count). The van der Waals surface area contributed by atoms with Crippen LogP contribution in [-0.4, -0.2) is 40.6 Å². The van der Waals surface area contributed by atoms with Crippen molar-refractivity contribution in [3.05, 3.63) is 90.0 Å². The maximum Gasteiger partial charge on any atom is 0.252 e. The first-order valence-corrected chi connectivity index (χ1v) is 11.2. The van der Waals surface area contributed by atoms with Gasteiger partial charge in [0, 0.05) is 49.0 Å². The molecule has 0 spiro atoms. The molecule has 8 heteroatoms. The summed E-state index contributed by atoms with van der Waals surface area (Å²) in [6, 6.07) is 17.2. The number of amides is 1. The smallest absolute Gasteiger partial charge is 0.252 e. The van der Waals surface area contributed by atoms with E-state index in [2.05, 4.69) is 15.3 Å². The second kappa shape index (κ2) is 10.8. The molecule has 0 radical (unpaired) electrons. The van der Waals surface area contributed by atoms with Gasteiger partial charge in [-0.1, -0.05) is 24.3 Å². The number of nitrogens with one attached hydrogen (secondary N) is 1. The van der Waals surface area contributed by atoms with Crippen LogP contribution in [0, 0.1) is 0 Å². The zero-order valence-electron chi connectivity index (χ0n) is 17.7. The highest BCUT2D eigenvalue weighted by Crippen LogP contribution is 2.26. The van der Waals surface area contributed by atoms with E-state index in [1.807, 2.05) is 65.3 Å². The van der Waals surface area contributed by atoms with E-state index in [0.29, 0.717) is 37.0 Å². The summed E-state index contributed by atoms with van der Waals surface area (Å²) >= 11 is 1.60. The predicted octanol–water partition coefficient (Wildman–Crippen LogP) is 3.98. The van der Waals surface area contributed by atoms with Gasteiger partial charge in [0.1, 0.15) is 12.3 Å². The van der Waals surface area contributed by atoms with Crippen LogP contribution >= 0.6 is 11.8 Å². The van der Waals surface area contributed by atoms with Gasteiger partial charge in [-0.25, -0.2) is 9.97 Å². The Hall–Kier alpha value is -3.36. The van der Waals surface area contributed by atoms with Crippen LogP contribution < -0.4 is 10.1 Å². The third-order valence-corrected chi connectivity index (χ3v) is 5.82. The number of thioether (sulfide) groups is 1. The van der Waals surface area contributed by atoms with Gasteiger partial charge in [-0.15, -0.1) is 11.8 Å². The van der Waals surface area contributed by atoms with E-state index in [1.165, 1.54) is 0 Å². The Bertz CT molecular complexity index is 1140. The fourth-order valence-corrected chi connectivity index (χ4v) is 4.03. The number of aromatic nitrogens is 3. The van der Waals surface area contributed by atoms with E-state index in [-0.39, 0.29) is 5.91 Å². The number of rotatable bonds is 10. The van der Waals surface area contributed by atoms with Crippen LogP contribution in [0.15, 0.2) is 78.1 Å². The summed E-state index contributed by atoms with van der Waals surface area (Å²) in [6.07, 6.45) is 5.69. The molecule has 0 aliphatic heterocycles. The SMILES string of the molecule is COCCOc1ccc(CNC(=O)c2ccccc2SCc2cn3ccccc3n2)cn1. The molecule has 32 heavy (non-hydrogen) atoms. The number of hydrogen-bond acceptors (Lipinski definition) is 6. The van der Waals surface area contributed by atoms with Crippen molar-refractivity contribution in [3.8, 4) is 5.88 Å². The van der Waals surface area contributed by atoms with Gasteiger partial charge in [0.2, 0.25) is 5.88 Å². The molecule has 3 aromatic heterocycles. The van der Waals surface area contributed by atoms with Gasteiger partial charge in [0.05, 0.1) is 17.9 Å². The van der Waals surface area contributed by atoms with Crippen LogP contribution in [0.5, 0.6) is 5.88 Å². The van der Waals surface area contributed by atoms with Gasteiger partial charge in [-0.3, -0.25) is 4.79 Å². The van der Waals surface area contributed by atoms with E-state index < -0.39 is 0 Å². The Morgan fingerprint density at radius 1 is 1.09 bits per heavy atom. The number of benzene rings is 1. The third-order valence-electron chi connectivity index (χ3n) is 4.71. The molecule has 1 aromatic carbocycles. The van der Waals surface area contributed by atoms with E-state index in [0.717, 1.165) is 21.8 Å². The molecule has 164 valence electrons. The van der Waals surface area contributed by atoms with Crippen LogP contribution in [0.4, 0.5) is 0 Å². The summed E-state index contributed by atoms with van der Waals surface area (Å²) in [4.78, 5) is 22.6. The normalized spacial score (nSPS) is 10.9.